The van der Waals surface area contributed by atoms with E-state index in [1.807, 2.05) is 24.3 Å². The lowest BCUT2D eigenvalue weighted by Crippen LogP contribution is -2.48. The van der Waals surface area contributed by atoms with Gasteiger partial charge in [0.2, 0.25) is 0 Å². The summed E-state index contributed by atoms with van der Waals surface area (Å²) in [7, 11) is 1.76. The van der Waals surface area contributed by atoms with Crippen LogP contribution in [0.1, 0.15) is 0 Å². The van der Waals surface area contributed by atoms with Crippen molar-refractivity contribution in [2.45, 2.75) is 6.10 Å². The Morgan fingerprint density at radius 3 is 2.94 bits per heavy atom. The first kappa shape index (κ1) is 12.5. The zero-order valence-electron chi connectivity index (χ0n) is 9.65. The molecule has 1 aromatic rings. The number of carbonyl (C=O) groups is 1. The summed E-state index contributed by atoms with van der Waals surface area (Å²) in [5.74, 6) is -0.0240. The Morgan fingerprint density at radius 2 is 2.29 bits per heavy atom. The molecular formula is C12H15BrN2O2. The molecule has 1 unspecified atom stereocenters. The van der Waals surface area contributed by atoms with Crippen LogP contribution < -0.4 is 10.2 Å². The number of rotatable bonds is 2. The van der Waals surface area contributed by atoms with Crippen LogP contribution >= 0.6 is 15.9 Å². The van der Waals surface area contributed by atoms with E-state index in [-0.39, 0.29) is 12.0 Å². The fourth-order valence-electron chi connectivity index (χ4n) is 1.78. The van der Waals surface area contributed by atoms with Crippen molar-refractivity contribution in [2.75, 3.05) is 31.6 Å². The Bertz CT molecular complexity index is 405. The number of likely N-dealkylation sites (N-methyl/N-ethyl adjacent to an activating group) is 1. The predicted molar refractivity (Wildman–Crippen MR) is 70.2 cm³/mol. The summed E-state index contributed by atoms with van der Waals surface area (Å²) in [6.45, 7) is 1.97. The molecule has 1 aliphatic rings. The number of hydrogen-bond acceptors (Lipinski definition) is 3. The molecule has 0 radical (unpaired) electrons. The summed E-state index contributed by atoms with van der Waals surface area (Å²) in [6, 6.07) is 7.64. The van der Waals surface area contributed by atoms with Crippen molar-refractivity contribution in [2.24, 2.45) is 0 Å². The maximum atomic E-state index is 12.2. The smallest absolute Gasteiger partial charge is 0.257 e. The number of anilines is 1. The number of amides is 1. The van der Waals surface area contributed by atoms with Crippen LogP contribution in [0.4, 0.5) is 5.69 Å². The Morgan fingerprint density at radius 1 is 1.53 bits per heavy atom. The third-order valence-electron chi connectivity index (χ3n) is 2.75. The minimum absolute atomic E-state index is 0.0240. The molecule has 0 saturated carbocycles. The van der Waals surface area contributed by atoms with Crippen LogP contribution in [0.25, 0.3) is 0 Å². The van der Waals surface area contributed by atoms with Gasteiger partial charge in [-0.3, -0.25) is 4.79 Å². The zero-order chi connectivity index (χ0) is 12.3. The Kier molecular flexibility index (Phi) is 4.15. The van der Waals surface area contributed by atoms with Crippen molar-refractivity contribution in [3.8, 4) is 0 Å². The normalized spacial score (nSPS) is 20.0. The van der Waals surface area contributed by atoms with Gasteiger partial charge in [-0.25, -0.2) is 0 Å². The molecule has 17 heavy (non-hydrogen) atoms. The fraction of sp³-hybridized carbons (Fsp3) is 0.417. The van der Waals surface area contributed by atoms with E-state index in [0.717, 1.165) is 16.7 Å². The molecule has 1 heterocycles. The third-order valence-corrected chi connectivity index (χ3v) is 3.42. The van der Waals surface area contributed by atoms with E-state index in [9.17, 15) is 4.79 Å². The highest BCUT2D eigenvalue weighted by Gasteiger charge is 2.26. The maximum absolute atomic E-state index is 12.2. The number of benzene rings is 1. The summed E-state index contributed by atoms with van der Waals surface area (Å²) in [6.07, 6.45) is -0.388. The SMILES string of the molecule is CN(C(=O)C1CNCCO1)c1ccccc1Br. The van der Waals surface area contributed by atoms with Crippen molar-refractivity contribution in [1.29, 1.82) is 0 Å². The summed E-state index contributed by atoms with van der Waals surface area (Å²) in [5, 5.41) is 3.15. The highest BCUT2D eigenvalue weighted by Crippen LogP contribution is 2.25. The topological polar surface area (TPSA) is 41.6 Å². The van der Waals surface area contributed by atoms with E-state index >= 15 is 0 Å². The molecule has 1 amide bonds. The van der Waals surface area contributed by atoms with Gasteiger partial charge in [-0.2, -0.15) is 0 Å². The van der Waals surface area contributed by atoms with Gasteiger partial charge in [-0.1, -0.05) is 12.1 Å². The van der Waals surface area contributed by atoms with E-state index in [2.05, 4.69) is 21.2 Å². The average Bonchev–Trinajstić information content (AvgIpc) is 2.39. The number of hydrogen-bond donors (Lipinski definition) is 1. The monoisotopic (exact) mass is 298 g/mol. The van der Waals surface area contributed by atoms with Gasteiger partial charge in [0.1, 0.15) is 6.10 Å². The lowest BCUT2D eigenvalue weighted by atomic mass is 10.2. The van der Waals surface area contributed by atoms with Gasteiger partial charge in [0.25, 0.3) is 5.91 Å². The second-order valence-corrected chi connectivity index (χ2v) is 4.77. The summed E-state index contributed by atoms with van der Waals surface area (Å²) < 4.78 is 6.36. The van der Waals surface area contributed by atoms with Crippen LogP contribution in [0.3, 0.4) is 0 Å². The van der Waals surface area contributed by atoms with Crippen LogP contribution in [0.15, 0.2) is 28.7 Å². The summed E-state index contributed by atoms with van der Waals surface area (Å²) in [5.41, 5.74) is 0.853. The second-order valence-electron chi connectivity index (χ2n) is 3.91. The minimum Gasteiger partial charge on any atom is -0.366 e. The molecule has 1 saturated heterocycles. The Balaban J connectivity index is 2.11. The number of nitrogens with zero attached hydrogens (tertiary/aromatic N) is 1. The van der Waals surface area contributed by atoms with E-state index in [1.165, 1.54) is 0 Å². The van der Waals surface area contributed by atoms with Crippen LogP contribution in [0.2, 0.25) is 0 Å². The maximum Gasteiger partial charge on any atom is 0.257 e. The van der Waals surface area contributed by atoms with Crippen molar-refractivity contribution >= 4 is 27.5 Å². The van der Waals surface area contributed by atoms with E-state index in [0.29, 0.717) is 13.2 Å². The lowest BCUT2D eigenvalue weighted by Gasteiger charge is -2.27. The number of nitrogens with one attached hydrogen (secondary N) is 1. The molecule has 1 fully saturated rings. The zero-order valence-corrected chi connectivity index (χ0v) is 11.2. The first-order chi connectivity index (χ1) is 8.20. The second kappa shape index (κ2) is 5.62. The van der Waals surface area contributed by atoms with Crippen LogP contribution in [-0.4, -0.2) is 38.8 Å². The molecule has 1 atom stereocenters. The minimum atomic E-state index is -0.388. The molecule has 2 rings (SSSR count). The molecule has 0 aromatic heterocycles. The van der Waals surface area contributed by atoms with Gasteiger partial charge in [-0.15, -0.1) is 0 Å². The molecule has 0 bridgehead atoms. The molecule has 0 aliphatic carbocycles. The number of carbonyl (C=O) groups excluding carboxylic acids is 1. The molecule has 1 N–H and O–H groups in total. The number of morpholine rings is 1. The predicted octanol–water partition coefficient (Wildman–Crippen LogP) is 1.40. The number of ether oxygens (including phenoxy) is 1. The molecule has 1 aliphatic heterocycles. The van der Waals surface area contributed by atoms with Gasteiger partial charge in [0.15, 0.2) is 0 Å². The quantitative estimate of drug-likeness (QED) is 0.897. The first-order valence-corrected chi connectivity index (χ1v) is 6.34. The van der Waals surface area contributed by atoms with Gasteiger partial charge in [-0.05, 0) is 28.1 Å². The molecular weight excluding hydrogens is 284 g/mol. The summed E-state index contributed by atoms with van der Waals surface area (Å²) >= 11 is 3.44. The average molecular weight is 299 g/mol. The Hall–Kier alpha value is -0.910. The highest BCUT2D eigenvalue weighted by molar-refractivity contribution is 9.10. The fourth-order valence-corrected chi connectivity index (χ4v) is 2.33. The molecule has 4 nitrogen and oxygen atoms in total. The van der Waals surface area contributed by atoms with E-state index in [4.69, 9.17) is 4.74 Å². The van der Waals surface area contributed by atoms with Crippen molar-refractivity contribution in [3.05, 3.63) is 28.7 Å². The standard InChI is InChI=1S/C12H15BrN2O2/c1-15(10-5-3-2-4-9(10)13)12(16)11-8-14-6-7-17-11/h2-5,11,14H,6-8H2,1H3. The van der Waals surface area contributed by atoms with Gasteiger partial charge < -0.3 is 15.0 Å². The van der Waals surface area contributed by atoms with Crippen molar-refractivity contribution in [1.82, 2.24) is 5.32 Å². The number of para-hydroxylation sites is 1. The first-order valence-electron chi connectivity index (χ1n) is 5.54. The molecule has 0 spiro atoms. The van der Waals surface area contributed by atoms with Crippen molar-refractivity contribution in [3.63, 3.8) is 0 Å². The van der Waals surface area contributed by atoms with Crippen LogP contribution in [0.5, 0.6) is 0 Å². The van der Waals surface area contributed by atoms with Gasteiger partial charge in [0.05, 0.1) is 12.3 Å². The van der Waals surface area contributed by atoms with E-state index < -0.39 is 0 Å². The molecule has 1 aromatic carbocycles. The number of halogens is 1. The van der Waals surface area contributed by atoms with Crippen LogP contribution in [0, 0.1) is 0 Å². The van der Waals surface area contributed by atoms with Crippen LogP contribution in [-0.2, 0) is 9.53 Å². The molecule has 92 valence electrons. The lowest BCUT2D eigenvalue weighted by molar-refractivity contribution is -0.131. The Labute approximate surface area is 109 Å². The largest absolute Gasteiger partial charge is 0.366 e. The van der Waals surface area contributed by atoms with Gasteiger partial charge in [0, 0.05) is 24.6 Å². The summed E-state index contributed by atoms with van der Waals surface area (Å²) in [4.78, 5) is 13.8. The van der Waals surface area contributed by atoms with E-state index in [1.54, 1.807) is 11.9 Å². The third kappa shape index (κ3) is 2.86. The highest BCUT2D eigenvalue weighted by atomic mass is 79.9. The van der Waals surface area contributed by atoms with Crippen molar-refractivity contribution < 1.29 is 9.53 Å². The molecule has 5 heteroatoms. The van der Waals surface area contributed by atoms with Gasteiger partial charge >= 0.3 is 0 Å².